The van der Waals surface area contributed by atoms with E-state index < -0.39 is 50.5 Å². The summed E-state index contributed by atoms with van der Waals surface area (Å²) < 4.78 is 81.6. The summed E-state index contributed by atoms with van der Waals surface area (Å²) in [6, 6.07) is 22.5. The molecule has 0 radical (unpaired) electrons. The zero-order chi connectivity index (χ0) is 27.3. The van der Waals surface area contributed by atoms with Gasteiger partial charge in [-0.05, 0) is 73.5 Å². The average molecular weight is 557 g/mol. The van der Waals surface area contributed by atoms with Crippen molar-refractivity contribution >= 4 is 26.4 Å². The predicted molar refractivity (Wildman–Crippen MR) is 134 cm³/mol. The van der Waals surface area contributed by atoms with Crippen LogP contribution in [-0.4, -0.2) is 38.5 Å². The highest BCUT2D eigenvalue weighted by Crippen LogP contribution is 2.70. The van der Waals surface area contributed by atoms with Gasteiger partial charge in [0.15, 0.2) is 12.4 Å². The molecule has 0 aromatic heterocycles. The van der Waals surface area contributed by atoms with Gasteiger partial charge in [0.2, 0.25) is 0 Å². The zero-order valence-electron chi connectivity index (χ0n) is 20.4. The van der Waals surface area contributed by atoms with Crippen molar-refractivity contribution in [3.63, 3.8) is 0 Å². The van der Waals surface area contributed by atoms with E-state index in [0.29, 0.717) is 9.79 Å². The molecule has 0 saturated heterocycles. The van der Waals surface area contributed by atoms with E-state index in [1.165, 1.54) is 12.1 Å². The second kappa shape index (κ2) is 11.2. The van der Waals surface area contributed by atoms with Gasteiger partial charge in [-0.2, -0.15) is 21.6 Å². The van der Waals surface area contributed by atoms with E-state index in [0.717, 1.165) is 0 Å². The molecule has 0 amide bonds. The van der Waals surface area contributed by atoms with Crippen LogP contribution < -0.4 is 4.74 Å². The lowest BCUT2D eigenvalue weighted by Crippen LogP contribution is -2.27. The maximum absolute atomic E-state index is 13.2. The highest BCUT2D eigenvalue weighted by molar-refractivity contribution is 8.33. The van der Waals surface area contributed by atoms with Crippen LogP contribution in [0.25, 0.3) is 0 Å². The molecule has 3 rings (SSSR count). The molecule has 0 unspecified atom stereocenters. The molecule has 6 nitrogen and oxygen atoms in total. The minimum absolute atomic E-state index is 0.184. The number of esters is 1. The first-order valence-corrected chi connectivity index (χ1v) is 14.2. The van der Waals surface area contributed by atoms with Crippen molar-refractivity contribution in [3.8, 4) is 5.75 Å². The van der Waals surface area contributed by atoms with E-state index in [2.05, 4.69) is 0 Å². The van der Waals surface area contributed by atoms with Crippen LogP contribution in [0.5, 0.6) is 5.75 Å². The molecule has 0 atom stereocenters. The summed E-state index contributed by atoms with van der Waals surface area (Å²) in [5.74, 6) is -2.58. The van der Waals surface area contributed by atoms with Crippen LogP contribution in [0.2, 0.25) is 0 Å². The van der Waals surface area contributed by atoms with Crippen LogP contribution in [0.1, 0.15) is 20.8 Å². The summed E-state index contributed by atoms with van der Waals surface area (Å²) in [6.45, 7) is 4.71. The number of hydrogen-bond acceptors (Lipinski definition) is 6. The molecular weight excluding hydrogens is 529 g/mol. The number of benzene rings is 3. The average Bonchev–Trinajstić information content (AvgIpc) is 2.80. The Labute approximate surface area is 216 Å². The summed E-state index contributed by atoms with van der Waals surface area (Å²) in [6.07, 6.45) is -5.00. The molecule has 0 fully saturated rings. The van der Waals surface area contributed by atoms with E-state index in [1.54, 1.807) is 93.6 Å². The lowest BCUT2D eigenvalue weighted by molar-refractivity contribution is -0.157. The summed E-state index contributed by atoms with van der Waals surface area (Å²) in [5, 5.41) is 0. The third kappa shape index (κ3) is 7.98. The third-order valence-electron chi connectivity index (χ3n) is 4.61. The Morgan fingerprint density at radius 2 is 1.30 bits per heavy atom. The van der Waals surface area contributed by atoms with E-state index in [9.17, 15) is 26.4 Å². The Morgan fingerprint density at radius 3 is 1.78 bits per heavy atom. The normalized spacial score (nSPS) is 13.1. The van der Waals surface area contributed by atoms with Crippen LogP contribution in [0.15, 0.2) is 99.6 Å². The first kappa shape index (κ1) is 28.5. The Morgan fingerprint density at radius 1 is 0.784 bits per heavy atom. The molecule has 200 valence electrons. The minimum Gasteiger partial charge on any atom is -0.482 e. The Balaban J connectivity index is 2.15. The SMILES string of the molecule is CC(C)(C)OC(=O)COc1cccc(S(OS(=O)(=O)CC(F)(F)F)(c2ccccc2)c2ccccc2)c1. The van der Waals surface area contributed by atoms with E-state index in [1.807, 2.05) is 0 Å². The van der Waals surface area contributed by atoms with Gasteiger partial charge < -0.3 is 9.47 Å². The van der Waals surface area contributed by atoms with Crippen LogP contribution in [-0.2, 0) is 23.3 Å². The van der Waals surface area contributed by atoms with E-state index in [-0.39, 0.29) is 10.6 Å². The first-order valence-electron chi connectivity index (χ1n) is 11.1. The Kier molecular flexibility index (Phi) is 8.61. The van der Waals surface area contributed by atoms with Gasteiger partial charge in [-0.15, -0.1) is 0 Å². The van der Waals surface area contributed by atoms with Crippen LogP contribution in [0.4, 0.5) is 13.2 Å². The van der Waals surface area contributed by atoms with E-state index in [4.69, 9.17) is 13.1 Å². The van der Waals surface area contributed by atoms with Crippen LogP contribution in [0.3, 0.4) is 0 Å². The third-order valence-corrected chi connectivity index (χ3v) is 9.73. The lowest BCUT2D eigenvalue weighted by atomic mass is 10.2. The molecule has 0 aliphatic carbocycles. The number of carbonyl (C=O) groups excluding carboxylic acids is 1. The molecule has 0 heterocycles. The van der Waals surface area contributed by atoms with Gasteiger partial charge in [0, 0.05) is 14.7 Å². The zero-order valence-corrected chi connectivity index (χ0v) is 22.0. The van der Waals surface area contributed by atoms with Gasteiger partial charge in [-0.1, -0.05) is 42.5 Å². The molecule has 37 heavy (non-hydrogen) atoms. The summed E-state index contributed by atoms with van der Waals surface area (Å²) in [7, 11) is -8.34. The molecule has 0 saturated carbocycles. The monoisotopic (exact) mass is 556 g/mol. The van der Waals surface area contributed by atoms with E-state index >= 15 is 0 Å². The van der Waals surface area contributed by atoms with Gasteiger partial charge in [0.1, 0.15) is 11.4 Å². The topological polar surface area (TPSA) is 78.9 Å². The van der Waals surface area contributed by atoms with Gasteiger partial charge in [-0.25, -0.2) is 8.42 Å². The number of halogens is 3. The molecular formula is C26H27F3O6S2. The molecule has 0 aliphatic heterocycles. The van der Waals surface area contributed by atoms with Crippen molar-refractivity contribution in [2.75, 3.05) is 12.4 Å². The first-order chi connectivity index (χ1) is 17.2. The summed E-state index contributed by atoms with van der Waals surface area (Å²) in [5.41, 5.74) is -0.719. The second-order valence-electron chi connectivity index (χ2n) is 8.92. The molecule has 11 heteroatoms. The molecule has 3 aromatic rings. The quantitative estimate of drug-likeness (QED) is 0.280. The standard InChI is InChI=1S/C26H27F3O6S2/c1-25(2,3)34-24(30)18-33-20-11-10-16-23(17-20)37(21-12-6-4-7-13-21,22-14-8-5-9-15-22)35-36(31,32)19-26(27,28)29/h4-17H,18-19H2,1-3H3. The molecule has 3 aromatic carbocycles. The second-order valence-corrected chi connectivity index (χ2v) is 13.4. The minimum atomic E-state index is -5.10. The van der Waals surface area contributed by atoms with Crippen molar-refractivity contribution < 1.29 is 39.5 Å². The van der Waals surface area contributed by atoms with Crippen molar-refractivity contribution in [3.05, 3.63) is 84.9 Å². The number of rotatable bonds is 9. The predicted octanol–water partition coefficient (Wildman–Crippen LogP) is 6.51. The Bertz CT molecular complexity index is 1270. The number of ether oxygens (including phenoxy) is 2. The highest BCUT2D eigenvalue weighted by atomic mass is 32.3. The van der Waals surface area contributed by atoms with Gasteiger partial charge in [-0.3, -0.25) is 0 Å². The molecule has 0 spiro atoms. The smallest absolute Gasteiger partial charge is 0.405 e. The number of alkyl halides is 3. The fourth-order valence-corrected chi connectivity index (χ4v) is 8.62. The summed E-state index contributed by atoms with van der Waals surface area (Å²) in [4.78, 5) is 13.1. The van der Waals surface area contributed by atoms with Gasteiger partial charge >= 0.3 is 12.1 Å². The van der Waals surface area contributed by atoms with Crippen molar-refractivity contribution in [2.45, 2.75) is 47.2 Å². The number of hydrogen-bond donors (Lipinski definition) is 0. The van der Waals surface area contributed by atoms with Crippen molar-refractivity contribution in [2.24, 2.45) is 0 Å². The number of carbonyl (C=O) groups is 1. The molecule has 0 bridgehead atoms. The van der Waals surface area contributed by atoms with Crippen molar-refractivity contribution in [1.82, 2.24) is 0 Å². The maximum Gasteiger partial charge on any atom is 0.405 e. The van der Waals surface area contributed by atoms with Crippen molar-refractivity contribution in [1.29, 1.82) is 0 Å². The fraction of sp³-hybridized carbons (Fsp3) is 0.269. The van der Waals surface area contributed by atoms with Crippen LogP contribution >= 0.6 is 10.3 Å². The van der Waals surface area contributed by atoms with Gasteiger partial charge in [0.05, 0.1) is 0 Å². The summed E-state index contributed by atoms with van der Waals surface area (Å²) >= 11 is 0. The fourth-order valence-electron chi connectivity index (χ4n) is 3.39. The van der Waals surface area contributed by atoms with Crippen LogP contribution in [0, 0.1) is 0 Å². The maximum atomic E-state index is 13.2. The Hall–Kier alpha value is -3.02. The molecule has 0 N–H and O–H groups in total. The highest BCUT2D eigenvalue weighted by Gasteiger charge is 2.43. The largest absolute Gasteiger partial charge is 0.482 e. The molecule has 0 aliphatic rings. The lowest BCUT2D eigenvalue weighted by Gasteiger charge is -2.39. The van der Waals surface area contributed by atoms with Gasteiger partial charge in [0.25, 0.3) is 10.1 Å².